The monoisotopic (exact) mass is 597 g/mol. The maximum atomic E-state index is 4.88. The molecule has 1 heteroatoms. The van der Waals surface area contributed by atoms with E-state index in [1.54, 1.807) is 0 Å². The first-order valence-corrected chi connectivity index (χ1v) is 16.5. The van der Waals surface area contributed by atoms with Crippen molar-refractivity contribution in [2.24, 2.45) is 0 Å². The highest BCUT2D eigenvalue weighted by Crippen LogP contribution is 2.53. The van der Waals surface area contributed by atoms with Crippen molar-refractivity contribution in [3.63, 3.8) is 0 Å². The van der Waals surface area contributed by atoms with Gasteiger partial charge in [-0.3, -0.25) is 4.98 Å². The van der Waals surface area contributed by atoms with Gasteiger partial charge in [0.25, 0.3) is 0 Å². The molecule has 1 nitrogen and oxygen atoms in total. The number of nitrogens with zero attached hydrogens (tertiary/aromatic N) is 1. The largest absolute Gasteiger partial charge is 0.256 e. The highest BCUT2D eigenvalue weighted by Gasteiger charge is 2.37. The minimum atomic E-state index is -0.0810. The van der Waals surface area contributed by atoms with Gasteiger partial charge in [-0.25, -0.2) is 0 Å². The minimum absolute atomic E-state index is 0.0810. The Hall–Kier alpha value is -5.79. The highest BCUT2D eigenvalue weighted by molar-refractivity contribution is 6.28. The van der Waals surface area contributed by atoms with Crippen molar-refractivity contribution in [1.82, 2.24) is 4.98 Å². The summed E-state index contributed by atoms with van der Waals surface area (Å²) in [6.45, 7) is 4.78. The minimum Gasteiger partial charge on any atom is -0.256 e. The molecule has 1 heterocycles. The summed E-state index contributed by atoms with van der Waals surface area (Å²) in [6.07, 6.45) is 1.99. The van der Waals surface area contributed by atoms with Crippen LogP contribution in [-0.4, -0.2) is 4.98 Å². The van der Waals surface area contributed by atoms with Crippen LogP contribution >= 0.6 is 0 Å². The molecule has 0 spiro atoms. The summed E-state index contributed by atoms with van der Waals surface area (Å²) in [5.41, 5.74) is 10.1. The van der Waals surface area contributed by atoms with Crippen molar-refractivity contribution in [1.29, 1.82) is 0 Å². The average Bonchev–Trinajstić information content (AvgIpc) is 3.37. The molecule has 220 valence electrons. The molecule has 0 saturated heterocycles. The topological polar surface area (TPSA) is 12.9 Å². The van der Waals surface area contributed by atoms with Crippen LogP contribution in [0.2, 0.25) is 0 Å². The summed E-state index contributed by atoms with van der Waals surface area (Å²) in [5, 5.41) is 12.8. The Morgan fingerprint density at radius 3 is 1.87 bits per heavy atom. The van der Waals surface area contributed by atoms with E-state index in [1.165, 1.54) is 81.9 Å². The number of benzene rings is 8. The van der Waals surface area contributed by atoms with Crippen LogP contribution in [0.3, 0.4) is 0 Å². The van der Waals surface area contributed by atoms with Crippen molar-refractivity contribution in [2.45, 2.75) is 19.3 Å². The lowest BCUT2D eigenvalue weighted by Gasteiger charge is -2.25. The van der Waals surface area contributed by atoms with Crippen molar-refractivity contribution >= 4 is 53.9 Å². The second-order valence-corrected chi connectivity index (χ2v) is 13.5. The molecule has 1 aliphatic carbocycles. The lowest BCUT2D eigenvalue weighted by Crippen LogP contribution is -2.15. The van der Waals surface area contributed by atoms with Crippen LogP contribution in [0.15, 0.2) is 152 Å². The van der Waals surface area contributed by atoms with Crippen LogP contribution in [0.5, 0.6) is 0 Å². The van der Waals surface area contributed by atoms with Gasteiger partial charge in [-0.05, 0) is 94.0 Å². The fourth-order valence-corrected chi connectivity index (χ4v) is 8.49. The molecule has 0 radical (unpaired) electrons. The Kier molecular flexibility index (Phi) is 5.40. The Morgan fingerprint density at radius 2 is 1.02 bits per heavy atom. The van der Waals surface area contributed by atoms with Crippen LogP contribution in [0.1, 0.15) is 25.0 Å². The predicted octanol–water partition coefficient (Wildman–Crippen LogP) is 12.5. The van der Waals surface area contributed by atoms with Crippen LogP contribution in [0, 0.1) is 0 Å². The summed E-state index contributed by atoms with van der Waals surface area (Å²) in [4.78, 5) is 4.88. The Morgan fingerprint density at radius 1 is 0.426 bits per heavy atom. The fraction of sp³-hybridized carbons (Fsp3) is 0.0652. The molecule has 47 heavy (non-hydrogen) atoms. The molecule has 1 aromatic heterocycles. The normalized spacial score (nSPS) is 13.5. The summed E-state index contributed by atoms with van der Waals surface area (Å²) < 4.78 is 0. The lowest BCUT2D eigenvalue weighted by atomic mass is 9.78. The van der Waals surface area contributed by atoms with Gasteiger partial charge in [-0.15, -0.1) is 0 Å². The SMILES string of the molecule is CC1(C)c2ccccc2-c2ccc3c4ccc(-c5ccc(-c6cc7ccccc7cn6)c6ccccc56)cc4c4ccccc4c3c21. The van der Waals surface area contributed by atoms with Crippen molar-refractivity contribution < 1.29 is 0 Å². The van der Waals surface area contributed by atoms with E-state index in [1.807, 2.05) is 6.20 Å². The molecule has 0 saturated carbocycles. The number of pyridine rings is 1. The van der Waals surface area contributed by atoms with Gasteiger partial charge in [-0.2, -0.15) is 0 Å². The molecule has 8 aromatic carbocycles. The molecule has 0 bridgehead atoms. The van der Waals surface area contributed by atoms with Crippen LogP contribution in [-0.2, 0) is 5.41 Å². The van der Waals surface area contributed by atoms with Gasteiger partial charge in [0.05, 0.1) is 5.69 Å². The van der Waals surface area contributed by atoms with E-state index in [-0.39, 0.29) is 5.41 Å². The van der Waals surface area contributed by atoms with Crippen molar-refractivity contribution in [3.05, 3.63) is 163 Å². The molecule has 0 amide bonds. The predicted molar refractivity (Wildman–Crippen MR) is 200 cm³/mol. The smallest absolute Gasteiger partial charge is 0.0714 e. The van der Waals surface area contributed by atoms with Gasteiger partial charge in [0, 0.05) is 22.6 Å². The van der Waals surface area contributed by atoms with Gasteiger partial charge in [-0.1, -0.05) is 147 Å². The van der Waals surface area contributed by atoms with Gasteiger partial charge < -0.3 is 0 Å². The lowest BCUT2D eigenvalue weighted by molar-refractivity contribution is 0.666. The molecule has 1 aliphatic rings. The van der Waals surface area contributed by atoms with E-state index in [0.717, 1.165) is 16.6 Å². The van der Waals surface area contributed by atoms with E-state index in [2.05, 4.69) is 159 Å². The van der Waals surface area contributed by atoms with Gasteiger partial charge in [0.2, 0.25) is 0 Å². The standard InChI is InChI=1S/C46H31N/c1-46(2)42-18-10-9-16-36(42)40-24-23-39-35-20-19-29(25-41(35)34-15-7-8-17-38(34)44(39)45(40)46)31-21-22-37(33-14-6-5-13-32(31)33)43-26-28-11-3-4-12-30(28)27-47-43/h3-27H,1-2H3. The van der Waals surface area contributed by atoms with Crippen molar-refractivity contribution in [3.8, 4) is 33.5 Å². The highest BCUT2D eigenvalue weighted by atomic mass is 14.7. The molecule has 0 fully saturated rings. The molecular weight excluding hydrogens is 567 g/mol. The fourth-order valence-electron chi connectivity index (χ4n) is 8.49. The van der Waals surface area contributed by atoms with E-state index in [0.29, 0.717) is 0 Å². The van der Waals surface area contributed by atoms with E-state index in [4.69, 9.17) is 4.98 Å². The zero-order valence-electron chi connectivity index (χ0n) is 26.4. The Balaban J connectivity index is 1.21. The van der Waals surface area contributed by atoms with E-state index >= 15 is 0 Å². The van der Waals surface area contributed by atoms with Crippen LogP contribution < -0.4 is 0 Å². The summed E-state index contributed by atoms with van der Waals surface area (Å²) in [7, 11) is 0. The quantitative estimate of drug-likeness (QED) is 0.181. The summed E-state index contributed by atoms with van der Waals surface area (Å²) >= 11 is 0. The number of aromatic nitrogens is 1. The first kappa shape index (κ1) is 26.4. The molecule has 0 atom stereocenters. The van der Waals surface area contributed by atoms with Crippen molar-refractivity contribution in [2.75, 3.05) is 0 Å². The van der Waals surface area contributed by atoms with E-state index < -0.39 is 0 Å². The number of rotatable bonds is 2. The third-order valence-electron chi connectivity index (χ3n) is 10.7. The first-order valence-electron chi connectivity index (χ1n) is 16.5. The molecule has 0 aliphatic heterocycles. The molecule has 0 unspecified atom stereocenters. The summed E-state index contributed by atoms with van der Waals surface area (Å²) in [5.74, 6) is 0. The second-order valence-electron chi connectivity index (χ2n) is 13.5. The zero-order valence-corrected chi connectivity index (χ0v) is 26.4. The van der Waals surface area contributed by atoms with Crippen LogP contribution in [0.4, 0.5) is 0 Å². The van der Waals surface area contributed by atoms with Gasteiger partial charge in [0.15, 0.2) is 0 Å². The third-order valence-corrected chi connectivity index (χ3v) is 10.7. The number of hydrogen-bond acceptors (Lipinski definition) is 1. The third kappa shape index (κ3) is 3.69. The number of hydrogen-bond donors (Lipinski definition) is 0. The summed E-state index contributed by atoms with van der Waals surface area (Å²) in [6, 6.07) is 53.7. The molecule has 9 aromatic rings. The van der Waals surface area contributed by atoms with Gasteiger partial charge >= 0.3 is 0 Å². The average molecular weight is 598 g/mol. The first-order chi connectivity index (χ1) is 23.1. The second kappa shape index (κ2) is 9.61. The maximum absolute atomic E-state index is 4.88. The van der Waals surface area contributed by atoms with E-state index in [9.17, 15) is 0 Å². The Labute approximate surface area is 273 Å². The maximum Gasteiger partial charge on any atom is 0.0714 e. The molecule has 10 rings (SSSR count). The van der Waals surface area contributed by atoms with Crippen LogP contribution in [0.25, 0.3) is 87.4 Å². The number of fused-ring (bicyclic) bond motifs is 12. The molecular formula is C46H31N. The Bertz CT molecular complexity index is 2750. The molecule has 0 N–H and O–H groups in total. The zero-order chi connectivity index (χ0) is 31.3. The van der Waals surface area contributed by atoms with Gasteiger partial charge in [0.1, 0.15) is 0 Å².